The predicted molar refractivity (Wildman–Crippen MR) is 95.0 cm³/mol. The Balaban J connectivity index is 1.57. The molecule has 0 aliphatic carbocycles. The fourth-order valence-electron chi connectivity index (χ4n) is 2.89. The largest absolute Gasteiger partial charge is 0.352 e. The number of hydrogen-bond donors (Lipinski definition) is 1. The first-order chi connectivity index (χ1) is 11.6. The first-order valence-electron chi connectivity index (χ1n) is 8.03. The molecule has 2 aromatic rings. The molecule has 2 amide bonds. The zero-order valence-electron chi connectivity index (χ0n) is 13.3. The van der Waals surface area contributed by atoms with Crippen molar-refractivity contribution in [1.29, 1.82) is 0 Å². The molecule has 0 aromatic heterocycles. The number of anilines is 1. The average Bonchev–Trinajstić information content (AvgIpc) is 2.60. The van der Waals surface area contributed by atoms with Crippen molar-refractivity contribution in [2.75, 3.05) is 11.4 Å². The van der Waals surface area contributed by atoms with Crippen LogP contribution in [-0.4, -0.2) is 18.4 Å². The second-order valence-electron chi connectivity index (χ2n) is 5.86. The molecule has 0 radical (unpaired) electrons. The van der Waals surface area contributed by atoms with Crippen molar-refractivity contribution in [3.05, 3.63) is 64.7 Å². The first-order valence-corrected chi connectivity index (χ1v) is 8.41. The van der Waals surface area contributed by atoms with Gasteiger partial charge in [0.2, 0.25) is 11.8 Å². The Kier molecular flexibility index (Phi) is 5.16. The summed E-state index contributed by atoms with van der Waals surface area (Å²) in [6.07, 6.45) is 1.76. The molecular formula is C19H19ClN2O2. The normalized spacial score (nSPS) is 13.3. The first kappa shape index (κ1) is 16.5. The van der Waals surface area contributed by atoms with Crippen LogP contribution < -0.4 is 10.2 Å². The van der Waals surface area contributed by atoms with Crippen LogP contribution in [0.1, 0.15) is 24.0 Å². The molecule has 0 atom stereocenters. The lowest BCUT2D eigenvalue weighted by Crippen LogP contribution is -2.38. The van der Waals surface area contributed by atoms with E-state index in [0.717, 1.165) is 24.1 Å². The number of nitrogens with one attached hydrogen (secondary N) is 1. The molecule has 1 aliphatic heterocycles. The van der Waals surface area contributed by atoms with Crippen LogP contribution in [0.2, 0.25) is 5.02 Å². The van der Waals surface area contributed by atoms with Crippen LogP contribution in [0.25, 0.3) is 0 Å². The van der Waals surface area contributed by atoms with Crippen LogP contribution in [0, 0.1) is 0 Å². The number of amides is 2. The SMILES string of the molecule is O=C(CC(=O)N1CCCc2ccccc21)NCc1ccc(Cl)cc1. The van der Waals surface area contributed by atoms with Gasteiger partial charge in [0.05, 0.1) is 0 Å². The van der Waals surface area contributed by atoms with Crippen LogP contribution in [0.15, 0.2) is 48.5 Å². The third kappa shape index (κ3) is 3.95. The number of carbonyl (C=O) groups excluding carboxylic acids is 2. The van der Waals surface area contributed by atoms with Crippen LogP contribution in [0.3, 0.4) is 0 Å². The number of aryl methyl sites for hydroxylation is 1. The molecule has 3 rings (SSSR count). The molecule has 124 valence electrons. The highest BCUT2D eigenvalue weighted by Gasteiger charge is 2.23. The summed E-state index contributed by atoms with van der Waals surface area (Å²) < 4.78 is 0. The summed E-state index contributed by atoms with van der Waals surface area (Å²) in [4.78, 5) is 26.3. The molecule has 1 aliphatic rings. The van der Waals surface area contributed by atoms with Gasteiger partial charge >= 0.3 is 0 Å². The average molecular weight is 343 g/mol. The maximum absolute atomic E-state index is 12.5. The Bertz CT molecular complexity index is 743. The van der Waals surface area contributed by atoms with E-state index < -0.39 is 0 Å². The van der Waals surface area contributed by atoms with Gasteiger partial charge in [0, 0.05) is 23.8 Å². The number of carbonyl (C=O) groups is 2. The minimum absolute atomic E-state index is 0.137. The lowest BCUT2D eigenvalue weighted by molar-refractivity contribution is -0.128. The van der Waals surface area contributed by atoms with Crippen molar-refractivity contribution in [2.24, 2.45) is 0 Å². The molecule has 0 bridgehead atoms. The number of halogens is 1. The molecule has 0 unspecified atom stereocenters. The second-order valence-corrected chi connectivity index (χ2v) is 6.29. The van der Waals surface area contributed by atoms with Crippen molar-refractivity contribution >= 4 is 29.1 Å². The molecule has 0 fully saturated rings. The monoisotopic (exact) mass is 342 g/mol. The topological polar surface area (TPSA) is 49.4 Å². The zero-order valence-corrected chi connectivity index (χ0v) is 14.1. The van der Waals surface area contributed by atoms with E-state index in [1.54, 1.807) is 17.0 Å². The fraction of sp³-hybridized carbons (Fsp3) is 0.263. The third-order valence-corrected chi connectivity index (χ3v) is 4.38. The van der Waals surface area contributed by atoms with E-state index >= 15 is 0 Å². The standard InChI is InChI=1S/C19H19ClN2O2/c20-16-9-7-14(8-10-16)13-21-18(23)12-19(24)22-11-3-5-15-4-1-2-6-17(15)22/h1-2,4,6-10H,3,5,11-13H2,(H,21,23). The summed E-state index contributed by atoms with van der Waals surface area (Å²) in [7, 11) is 0. The lowest BCUT2D eigenvalue weighted by atomic mass is 10.0. The highest BCUT2D eigenvalue weighted by molar-refractivity contribution is 6.30. The third-order valence-electron chi connectivity index (χ3n) is 4.13. The van der Waals surface area contributed by atoms with Gasteiger partial charge in [-0.15, -0.1) is 0 Å². The van der Waals surface area contributed by atoms with Gasteiger partial charge < -0.3 is 10.2 Å². The van der Waals surface area contributed by atoms with E-state index in [1.807, 2.05) is 36.4 Å². The van der Waals surface area contributed by atoms with Crippen molar-refractivity contribution in [3.8, 4) is 0 Å². The smallest absolute Gasteiger partial charge is 0.236 e. The van der Waals surface area contributed by atoms with Crippen molar-refractivity contribution in [1.82, 2.24) is 5.32 Å². The van der Waals surface area contributed by atoms with Crippen LogP contribution >= 0.6 is 11.6 Å². The molecule has 0 spiro atoms. The zero-order chi connectivity index (χ0) is 16.9. The number of fused-ring (bicyclic) bond motifs is 1. The molecular weight excluding hydrogens is 324 g/mol. The highest BCUT2D eigenvalue weighted by atomic mass is 35.5. The van der Waals surface area contributed by atoms with Crippen LogP contribution in [0.5, 0.6) is 0 Å². The molecule has 0 saturated heterocycles. The van der Waals surface area contributed by atoms with E-state index in [9.17, 15) is 9.59 Å². The van der Waals surface area contributed by atoms with Gasteiger partial charge in [-0.05, 0) is 42.2 Å². The van der Waals surface area contributed by atoms with E-state index in [4.69, 9.17) is 11.6 Å². The van der Waals surface area contributed by atoms with Crippen LogP contribution in [-0.2, 0) is 22.6 Å². The van der Waals surface area contributed by atoms with Crippen molar-refractivity contribution in [3.63, 3.8) is 0 Å². The highest BCUT2D eigenvalue weighted by Crippen LogP contribution is 2.27. The summed E-state index contributed by atoms with van der Waals surface area (Å²) in [5, 5.41) is 3.44. The summed E-state index contributed by atoms with van der Waals surface area (Å²) >= 11 is 5.83. The van der Waals surface area contributed by atoms with Gasteiger partial charge in [0.1, 0.15) is 6.42 Å². The van der Waals surface area contributed by atoms with Gasteiger partial charge in [-0.25, -0.2) is 0 Å². The predicted octanol–water partition coefficient (Wildman–Crippen LogP) is 3.33. The molecule has 0 saturated carbocycles. The van der Waals surface area contributed by atoms with E-state index in [1.165, 1.54) is 5.56 Å². The molecule has 1 heterocycles. The Morgan fingerprint density at radius 1 is 1.08 bits per heavy atom. The number of benzene rings is 2. The van der Waals surface area contributed by atoms with Crippen molar-refractivity contribution in [2.45, 2.75) is 25.8 Å². The number of hydrogen-bond acceptors (Lipinski definition) is 2. The Hall–Kier alpha value is -2.33. The Morgan fingerprint density at radius 3 is 2.62 bits per heavy atom. The quantitative estimate of drug-likeness (QED) is 0.866. The van der Waals surface area contributed by atoms with E-state index in [2.05, 4.69) is 5.32 Å². The summed E-state index contributed by atoms with van der Waals surface area (Å²) in [6.45, 7) is 1.06. The maximum Gasteiger partial charge on any atom is 0.236 e. The summed E-state index contributed by atoms with van der Waals surface area (Å²) in [6, 6.07) is 15.1. The van der Waals surface area contributed by atoms with Crippen molar-refractivity contribution < 1.29 is 9.59 Å². The molecule has 4 nitrogen and oxygen atoms in total. The van der Waals surface area contributed by atoms with Gasteiger partial charge in [-0.3, -0.25) is 9.59 Å². The van der Waals surface area contributed by atoms with Gasteiger partial charge in [-0.1, -0.05) is 41.9 Å². The summed E-state index contributed by atoms with van der Waals surface area (Å²) in [5.41, 5.74) is 3.04. The molecule has 5 heteroatoms. The minimum atomic E-state index is -0.266. The van der Waals surface area contributed by atoms with E-state index in [-0.39, 0.29) is 18.2 Å². The number of rotatable bonds is 4. The molecule has 1 N–H and O–H groups in total. The minimum Gasteiger partial charge on any atom is -0.352 e. The van der Waals surface area contributed by atoms with Gasteiger partial charge in [0.15, 0.2) is 0 Å². The second kappa shape index (κ2) is 7.49. The number of nitrogens with zero attached hydrogens (tertiary/aromatic N) is 1. The molecule has 2 aromatic carbocycles. The number of para-hydroxylation sites is 1. The van der Waals surface area contributed by atoms with Gasteiger partial charge in [0.25, 0.3) is 0 Å². The lowest BCUT2D eigenvalue weighted by Gasteiger charge is -2.29. The maximum atomic E-state index is 12.5. The van der Waals surface area contributed by atoms with Crippen LogP contribution in [0.4, 0.5) is 5.69 Å². The van der Waals surface area contributed by atoms with E-state index in [0.29, 0.717) is 18.1 Å². The summed E-state index contributed by atoms with van der Waals surface area (Å²) in [5.74, 6) is -0.422. The molecule has 24 heavy (non-hydrogen) atoms. The Labute approximate surface area is 146 Å². The Morgan fingerprint density at radius 2 is 1.83 bits per heavy atom. The van der Waals surface area contributed by atoms with Gasteiger partial charge in [-0.2, -0.15) is 0 Å². The fourth-order valence-corrected chi connectivity index (χ4v) is 3.02.